The fraction of sp³-hybridized carbons (Fsp3) is 0.316. The molecule has 2 aromatic carbocycles. The Kier molecular flexibility index (Phi) is 6.67. The van der Waals surface area contributed by atoms with E-state index in [1.165, 1.54) is 0 Å². The SMILES string of the molecule is Cc1ccc(N)cc1C(=O)Nc1cccc(OCC2CCCO2)c1.Cl. The zero-order valence-electron chi connectivity index (χ0n) is 14.2. The Morgan fingerprint density at radius 1 is 1.32 bits per heavy atom. The van der Waals surface area contributed by atoms with E-state index in [-0.39, 0.29) is 24.4 Å². The molecule has 1 aliphatic heterocycles. The van der Waals surface area contributed by atoms with E-state index in [9.17, 15) is 4.79 Å². The molecule has 1 unspecified atom stereocenters. The van der Waals surface area contributed by atoms with E-state index in [1.54, 1.807) is 12.1 Å². The van der Waals surface area contributed by atoms with Crippen LogP contribution in [0.4, 0.5) is 11.4 Å². The van der Waals surface area contributed by atoms with Crippen LogP contribution in [0.3, 0.4) is 0 Å². The molecule has 2 aromatic rings. The van der Waals surface area contributed by atoms with Gasteiger partial charge in [-0.25, -0.2) is 0 Å². The van der Waals surface area contributed by atoms with Crippen LogP contribution in [0, 0.1) is 6.92 Å². The predicted octanol–water partition coefficient (Wildman–Crippen LogP) is 3.81. The van der Waals surface area contributed by atoms with Crippen molar-refractivity contribution < 1.29 is 14.3 Å². The maximum absolute atomic E-state index is 12.4. The van der Waals surface area contributed by atoms with Gasteiger partial charge in [-0.2, -0.15) is 0 Å². The van der Waals surface area contributed by atoms with E-state index in [0.29, 0.717) is 29.3 Å². The Labute approximate surface area is 153 Å². The maximum Gasteiger partial charge on any atom is 0.256 e. The van der Waals surface area contributed by atoms with Gasteiger partial charge in [0.15, 0.2) is 0 Å². The van der Waals surface area contributed by atoms with Gasteiger partial charge in [0, 0.05) is 29.6 Å². The normalized spacial score (nSPS) is 16.1. The Bertz CT molecular complexity index is 730. The quantitative estimate of drug-likeness (QED) is 0.793. The molecule has 1 fully saturated rings. The topological polar surface area (TPSA) is 73.6 Å². The highest BCUT2D eigenvalue weighted by Gasteiger charge is 2.16. The van der Waals surface area contributed by atoms with Crippen LogP contribution in [0.25, 0.3) is 0 Å². The number of hydrogen-bond acceptors (Lipinski definition) is 4. The van der Waals surface area contributed by atoms with Crippen molar-refractivity contribution in [1.82, 2.24) is 0 Å². The third kappa shape index (κ3) is 5.11. The van der Waals surface area contributed by atoms with Gasteiger partial charge in [-0.15, -0.1) is 12.4 Å². The molecule has 1 heterocycles. The first-order valence-electron chi connectivity index (χ1n) is 8.14. The number of carbonyl (C=O) groups excluding carboxylic acids is 1. The van der Waals surface area contributed by atoms with Crippen molar-refractivity contribution in [2.24, 2.45) is 0 Å². The number of halogens is 1. The van der Waals surface area contributed by atoms with E-state index in [1.807, 2.05) is 37.3 Å². The molecule has 6 heteroatoms. The van der Waals surface area contributed by atoms with Gasteiger partial charge in [0.25, 0.3) is 5.91 Å². The average molecular weight is 363 g/mol. The molecule has 3 rings (SSSR count). The predicted molar refractivity (Wildman–Crippen MR) is 102 cm³/mol. The number of rotatable bonds is 5. The smallest absolute Gasteiger partial charge is 0.256 e. The third-order valence-corrected chi connectivity index (χ3v) is 4.06. The molecule has 0 bridgehead atoms. The highest BCUT2D eigenvalue weighted by Crippen LogP contribution is 2.21. The highest BCUT2D eigenvalue weighted by atomic mass is 35.5. The van der Waals surface area contributed by atoms with Gasteiger partial charge in [-0.1, -0.05) is 12.1 Å². The van der Waals surface area contributed by atoms with Crippen LogP contribution in [0.1, 0.15) is 28.8 Å². The first-order chi connectivity index (χ1) is 11.6. The average Bonchev–Trinajstić information content (AvgIpc) is 3.09. The minimum atomic E-state index is -0.184. The van der Waals surface area contributed by atoms with Crippen molar-refractivity contribution in [3.63, 3.8) is 0 Å². The van der Waals surface area contributed by atoms with Crippen molar-refractivity contribution in [1.29, 1.82) is 0 Å². The molecule has 1 amide bonds. The van der Waals surface area contributed by atoms with Crippen LogP contribution in [0.15, 0.2) is 42.5 Å². The summed E-state index contributed by atoms with van der Waals surface area (Å²) in [4.78, 5) is 12.4. The Morgan fingerprint density at radius 3 is 2.92 bits per heavy atom. The lowest BCUT2D eigenvalue weighted by atomic mass is 10.1. The number of benzene rings is 2. The summed E-state index contributed by atoms with van der Waals surface area (Å²) in [5.41, 5.74) is 8.48. The van der Waals surface area contributed by atoms with E-state index >= 15 is 0 Å². The molecule has 25 heavy (non-hydrogen) atoms. The lowest BCUT2D eigenvalue weighted by molar-refractivity contribution is 0.0680. The fourth-order valence-electron chi connectivity index (χ4n) is 2.71. The maximum atomic E-state index is 12.4. The van der Waals surface area contributed by atoms with Crippen LogP contribution in [-0.4, -0.2) is 25.2 Å². The molecule has 0 radical (unpaired) electrons. The standard InChI is InChI=1S/C19H22N2O3.ClH/c1-13-7-8-14(20)10-18(13)19(22)21-15-4-2-5-16(11-15)24-12-17-6-3-9-23-17;/h2,4-5,7-8,10-11,17H,3,6,9,12,20H2,1H3,(H,21,22);1H. The number of nitrogens with one attached hydrogen (secondary N) is 1. The zero-order valence-corrected chi connectivity index (χ0v) is 15.0. The molecular weight excluding hydrogens is 340 g/mol. The van der Waals surface area contributed by atoms with Crippen LogP contribution in [0.5, 0.6) is 5.75 Å². The van der Waals surface area contributed by atoms with Gasteiger partial charge in [0.05, 0.1) is 6.10 Å². The van der Waals surface area contributed by atoms with Crippen molar-refractivity contribution in [3.8, 4) is 5.75 Å². The first kappa shape index (κ1) is 19.1. The molecule has 0 aromatic heterocycles. The molecule has 134 valence electrons. The summed E-state index contributed by atoms with van der Waals surface area (Å²) < 4.78 is 11.3. The molecule has 1 atom stereocenters. The molecule has 0 spiro atoms. The molecule has 1 saturated heterocycles. The summed E-state index contributed by atoms with van der Waals surface area (Å²) in [5, 5.41) is 2.89. The molecular formula is C19H23ClN2O3. The molecule has 3 N–H and O–H groups in total. The fourth-order valence-corrected chi connectivity index (χ4v) is 2.71. The summed E-state index contributed by atoms with van der Waals surface area (Å²) in [6.07, 6.45) is 2.28. The van der Waals surface area contributed by atoms with Crippen LogP contribution < -0.4 is 15.8 Å². The number of hydrogen-bond donors (Lipinski definition) is 2. The first-order valence-corrected chi connectivity index (χ1v) is 8.14. The van der Waals surface area contributed by atoms with Gasteiger partial charge < -0.3 is 20.5 Å². The monoisotopic (exact) mass is 362 g/mol. The number of amides is 1. The molecule has 0 saturated carbocycles. The Balaban J connectivity index is 0.00000225. The van der Waals surface area contributed by atoms with E-state index < -0.39 is 0 Å². The van der Waals surface area contributed by atoms with Gasteiger partial charge in [0.1, 0.15) is 12.4 Å². The van der Waals surface area contributed by atoms with Gasteiger partial charge >= 0.3 is 0 Å². The second kappa shape index (κ2) is 8.74. The number of aryl methyl sites for hydroxylation is 1. The van der Waals surface area contributed by atoms with Crippen molar-refractivity contribution in [2.45, 2.75) is 25.9 Å². The minimum Gasteiger partial charge on any atom is -0.491 e. The lowest BCUT2D eigenvalue weighted by Gasteiger charge is -2.13. The minimum absolute atomic E-state index is 0. The van der Waals surface area contributed by atoms with Crippen LogP contribution >= 0.6 is 12.4 Å². The number of ether oxygens (including phenoxy) is 2. The van der Waals surface area contributed by atoms with Gasteiger partial charge in [0.2, 0.25) is 0 Å². The molecule has 5 nitrogen and oxygen atoms in total. The van der Waals surface area contributed by atoms with E-state index in [2.05, 4.69) is 5.32 Å². The number of nitrogens with two attached hydrogens (primary N) is 1. The third-order valence-electron chi connectivity index (χ3n) is 4.06. The second-order valence-corrected chi connectivity index (χ2v) is 6.00. The van der Waals surface area contributed by atoms with E-state index in [0.717, 1.165) is 25.0 Å². The Morgan fingerprint density at radius 2 is 2.16 bits per heavy atom. The van der Waals surface area contributed by atoms with Crippen molar-refractivity contribution in [3.05, 3.63) is 53.6 Å². The summed E-state index contributed by atoms with van der Waals surface area (Å²) in [6, 6.07) is 12.7. The Hall–Kier alpha value is -2.24. The summed E-state index contributed by atoms with van der Waals surface area (Å²) >= 11 is 0. The highest BCUT2D eigenvalue weighted by molar-refractivity contribution is 6.05. The molecule has 0 aliphatic carbocycles. The van der Waals surface area contributed by atoms with Crippen LogP contribution in [0.2, 0.25) is 0 Å². The molecule has 1 aliphatic rings. The second-order valence-electron chi connectivity index (χ2n) is 6.00. The van der Waals surface area contributed by atoms with Gasteiger partial charge in [-0.05, 0) is 49.6 Å². The summed E-state index contributed by atoms with van der Waals surface area (Å²) in [5.74, 6) is 0.531. The zero-order chi connectivity index (χ0) is 16.9. The number of nitrogen functional groups attached to an aromatic ring is 1. The van der Waals surface area contributed by atoms with Crippen molar-refractivity contribution >= 4 is 29.7 Å². The summed E-state index contributed by atoms with van der Waals surface area (Å²) in [6.45, 7) is 3.23. The largest absolute Gasteiger partial charge is 0.491 e. The van der Waals surface area contributed by atoms with Gasteiger partial charge in [-0.3, -0.25) is 4.79 Å². The van der Waals surface area contributed by atoms with Crippen LogP contribution in [-0.2, 0) is 4.74 Å². The number of anilines is 2. The summed E-state index contributed by atoms with van der Waals surface area (Å²) in [7, 11) is 0. The van der Waals surface area contributed by atoms with E-state index in [4.69, 9.17) is 15.2 Å². The lowest BCUT2D eigenvalue weighted by Crippen LogP contribution is -2.16. The number of carbonyl (C=O) groups is 1. The van der Waals surface area contributed by atoms with Crippen molar-refractivity contribution in [2.75, 3.05) is 24.3 Å².